The molecule has 0 aliphatic rings. The fourth-order valence-corrected chi connectivity index (χ4v) is 1.53. The van der Waals surface area contributed by atoms with Gasteiger partial charge in [-0.15, -0.1) is 0 Å². The molecule has 0 aromatic carbocycles. The van der Waals surface area contributed by atoms with Gasteiger partial charge in [0.1, 0.15) is 0 Å². The average molecular weight is 335 g/mol. The summed E-state index contributed by atoms with van der Waals surface area (Å²) in [5.41, 5.74) is 0.0730. The van der Waals surface area contributed by atoms with Crippen LogP contribution in [0.2, 0.25) is 0 Å². The second-order valence-electron chi connectivity index (χ2n) is 4.47. The molecule has 1 heterocycles. The van der Waals surface area contributed by atoms with Gasteiger partial charge in [-0.3, -0.25) is 9.48 Å². The quantitative estimate of drug-likeness (QED) is 0.776. The summed E-state index contributed by atoms with van der Waals surface area (Å²) >= 11 is 0. The van der Waals surface area contributed by atoms with E-state index in [2.05, 4.69) is 5.10 Å². The molecule has 0 radical (unpaired) electrons. The summed E-state index contributed by atoms with van der Waals surface area (Å²) in [7, 11) is 0.688. The van der Waals surface area contributed by atoms with Gasteiger partial charge in [-0.1, -0.05) is 0 Å². The molecular formula is C11H12F7N3O. The van der Waals surface area contributed by atoms with Crippen molar-refractivity contribution < 1.29 is 35.5 Å². The molecule has 22 heavy (non-hydrogen) atoms. The molecule has 0 aliphatic carbocycles. The molecule has 11 heteroatoms. The highest BCUT2D eigenvalue weighted by atomic mass is 19.4. The van der Waals surface area contributed by atoms with Crippen LogP contribution >= 0.6 is 0 Å². The molecule has 0 spiro atoms. The van der Waals surface area contributed by atoms with Crippen LogP contribution in [-0.2, 0) is 17.9 Å². The van der Waals surface area contributed by atoms with E-state index in [1.54, 1.807) is 6.92 Å². The van der Waals surface area contributed by atoms with Crippen molar-refractivity contribution >= 4 is 5.91 Å². The monoisotopic (exact) mass is 335 g/mol. The van der Waals surface area contributed by atoms with Gasteiger partial charge in [-0.2, -0.15) is 35.8 Å². The number of carbonyl (C=O) groups is 1. The Balaban J connectivity index is 2.93. The van der Waals surface area contributed by atoms with Gasteiger partial charge in [0.25, 0.3) is 5.91 Å². The predicted molar refractivity (Wildman–Crippen MR) is 60.3 cm³/mol. The van der Waals surface area contributed by atoms with Crippen molar-refractivity contribution in [2.75, 3.05) is 7.05 Å². The molecule has 0 unspecified atom stereocenters. The fraction of sp³-hybridized carbons (Fsp3) is 0.636. The molecule has 0 saturated carbocycles. The number of nitrogens with zero attached hydrogens (tertiary/aromatic N) is 3. The Bertz CT molecular complexity index is 538. The first-order valence-electron chi connectivity index (χ1n) is 5.94. The number of aromatic nitrogens is 2. The van der Waals surface area contributed by atoms with Crippen molar-refractivity contribution in [3.8, 4) is 0 Å². The van der Waals surface area contributed by atoms with Crippen LogP contribution in [0.25, 0.3) is 0 Å². The zero-order valence-corrected chi connectivity index (χ0v) is 11.5. The predicted octanol–water partition coefficient (Wildman–Crippen LogP) is 2.69. The van der Waals surface area contributed by atoms with Crippen LogP contribution in [0, 0.1) is 0 Å². The lowest BCUT2D eigenvalue weighted by atomic mass is 10.1. The van der Waals surface area contributed by atoms with Crippen molar-refractivity contribution in [3.63, 3.8) is 0 Å². The molecule has 0 bridgehead atoms. The van der Waals surface area contributed by atoms with E-state index in [-0.39, 0.29) is 10.6 Å². The first-order chi connectivity index (χ1) is 9.84. The number of amides is 1. The van der Waals surface area contributed by atoms with Gasteiger partial charge in [0.2, 0.25) is 0 Å². The van der Waals surface area contributed by atoms with Crippen LogP contribution in [-0.4, -0.2) is 45.7 Å². The maximum Gasteiger partial charge on any atom is 0.460 e. The third kappa shape index (κ3) is 3.17. The Kier molecular flexibility index (Phi) is 4.78. The zero-order chi connectivity index (χ0) is 17.3. The molecule has 1 aromatic heterocycles. The van der Waals surface area contributed by atoms with Gasteiger partial charge in [-0.25, -0.2) is 0 Å². The lowest BCUT2D eigenvalue weighted by Gasteiger charge is -2.30. The first kappa shape index (κ1) is 18.2. The van der Waals surface area contributed by atoms with Gasteiger partial charge in [0.05, 0.1) is 12.2 Å². The molecule has 4 nitrogen and oxygen atoms in total. The molecule has 1 rings (SSSR count). The van der Waals surface area contributed by atoms with Crippen molar-refractivity contribution in [3.05, 3.63) is 18.0 Å². The number of hydrogen-bond donors (Lipinski definition) is 0. The largest absolute Gasteiger partial charge is 0.460 e. The fourth-order valence-electron chi connectivity index (χ4n) is 1.53. The van der Waals surface area contributed by atoms with Gasteiger partial charge in [-0.05, 0) is 13.0 Å². The Morgan fingerprint density at radius 1 is 1.23 bits per heavy atom. The van der Waals surface area contributed by atoms with Crippen LogP contribution in [0.3, 0.4) is 0 Å². The van der Waals surface area contributed by atoms with E-state index in [9.17, 15) is 35.5 Å². The lowest BCUT2D eigenvalue weighted by Crippen LogP contribution is -2.59. The zero-order valence-electron chi connectivity index (χ0n) is 11.5. The van der Waals surface area contributed by atoms with E-state index in [1.807, 2.05) is 0 Å². The Labute approximate surface area is 120 Å². The van der Waals surface area contributed by atoms with Gasteiger partial charge in [0.15, 0.2) is 0 Å². The van der Waals surface area contributed by atoms with Crippen molar-refractivity contribution in [2.45, 2.75) is 38.0 Å². The molecule has 126 valence electrons. The van der Waals surface area contributed by atoms with E-state index in [0.717, 1.165) is 0 Å². The van der Waals surface area contributed by atoms with Crippen LogP contribution < -0.4 is 0 Å². The van der Waals surface area contributed by atoms with Crippen LogP contribution in [0.15, 0.2) is 12.3 Å². The van der Waals surface area contributed by atoms with Crippen molar-refractivity contribution in [2.24, 2.45) is 0 Å². The van der Waals surface area contributed by atoms with E-state index >= 15 is 0 Å². The van der Waals surface area contributed by atoms with Crippen molar-refractivity contribution in [1.82, 2.24) is 14.7 Å². The second kappa shape index (κ2) is 5.76. The molecule has 0 fully saturated rings. The highest BCUT2D eigenvalue weighted by Gasteiger charge is 2.76. The minimum Gasteiger partial charge on any atom is -0.334 e. The van der Waals surface area contributed by atoms with Gasteiger partial charge in [0, 0.05) is 19.8 Å². The normalized spacial score (nSPS) is 13.3. The third-order valence-corrected chi connectivity index (χ3v) is 2.78. The summed E-state index contributed by atoms with van der Waals surface area (Å²) in [4.78, 5) is 11.4. The van der Waals surface area contributed by atoms with E-state index in [1.165, 1.54) is 16.9 Å². The molecule has 0 aliphatic heterocycles. The average Bonchev–Trinajstić information content (AvgIpc) is 2.83. The lowest BCUT2D eigenvalue weighted by molar-refractivity contribution is -0.345. The van der Waals surface area contributed by atoms with Crippen LogP contribution in [0.1, 0.15) is 12.6 Å². The number of aryl methyl sites for hydroxylation is 1. The number of halogens is 7. The molecule has 0 atom stereocenters. The number of rotatable bonds is 5. The summed E-state index contributed by atoms with van der Waals surface area (Å²) in [5.74, 6) is -15.0. The van der Waals surface area contributed by atoms with E-state index < -0.39 is 30.5 Å². The van der Waals surface area contributed by atoms with E-state index in [4.69, 9.17) is 0 Å². The highest BCUT2D eigenvalue weighted by molar-refractivity contribution is 5.84. The molecule has 1 aromatic rings. The molecular weight excluding hydrogens is 323 g/mol. The maximum atomic E-state index is 13.2. The SMILES string of the molecule is CCn1ccc(CN(C)C(=O)C(F)(F)C(F)(F)C(F)(F)F)n1. The summed E-state index contributed by atoms with van der Waals surface area (Å²) < 4.78 is 89.4. The highest BCUT2D eigenvalue weighted by Crippen LogP contribution is 2.47. The smallest absolute Gasteiger partial charge is 0.334 e. The Hall–Kier alpha value is -1.81. The number of alkyl halides is 7. The standard InChI is InChI=1S/C11H12F7N3O/c1-3-21-5-4-7(19-21)6-20(2)8(22)9(12,13)10(14,15)11(16,17)18/h4-5H,3,6H2,1-2H3. The van der Waals surface area contributed by atoms with E-state index in [0.29, 0.717) is 13.6 Å². The summed E-state index contributed by atoms with van der Waals surface area (Å²) in [6, 6.07) is 1.33. The number of carbonyl (C=O) groups excluding carboxylic acids is 1. The topological polar surface area (TPSA) is 38.1 Å². The van der Waals surface area contributed by atoms with Gasteiger partial charge < -0.3 is 4.90 Å². The Morgan fingerprint density at radius 2 is 1.77 bits per heavy atom. The minimum atomic E-state index is -6.54. The summed E-state index contributed by atoms with van der Waals surface area (Å²) in [6.07, 6.45) is -5.10. The molecule has 0 N–H and O–H groups in total. The Morgan fingerprint density at radius 3 is 2.18 bits per heavy atom. The van der Waals surface area contributed by atoms with Crippen LogP contribution in [0.5, 0.6) is 0 Å². The minimum absolute atomic E-state index is 0.0714. The summed E-state index contributed by atoms with van der Waals surface area (Å²) in [6.45, 7) is 1.51. The van der Waals surface area contributed by atoms with Crippen LogP contribution in [0.4, 0.5) is 30.7 Å². The second-order valence-corrected chi connectivity index (χ2v) is 4.47. The number of hydrogen-bond acceptors (Lipinski definition) is 2. The maximum absolute atomic E-state index is 13.2. The first-order valence-corrected chi connectivity index (χ1v) is 5.94. The molecule has 1 amide bonds. The third-order valence-electron chi connectivity index (χ3n) is 2.78. The van der Waals surface area contributed by atoms with Gasteiger partial charge >= 0.3 is 18.0 Å². The summed E-state index contributed by atoms with van der Waals surface area (Å²) in [5, 5.41) is 3.81. The molecule has 0 saturated heterocycles. The van der Waals surface area contributed by atoms with Crippen molar-refractivity contribution in [1.29, 1.82) is 0 Å².